The fourth-order valence-electron chi connectivity index (χ4n) is 1.70. The topological polar surface area (TPSA) is 49.3 Å². The second-order valence-corrected chi connectivity index (χ2v) is 4.65. The molecule has 0 spiro atoms. The molecule has 1 saturated carbocycles. The second kappa shape index (κ2) is 5.21. The highest BCUT2D eigenvalue weighted by Crippen LogP contribution is 2.30. The largest absolute Gasteiger partial charge is 0.416 e. The Kier molecular flexibility index (Phi) is 3.80. The first kappa shape index (κ1) is 13.9. The minimum Gasteiger partial charge on any atom is -0.387 e. The van der Waals surface area contributed by atoms with Gasteiger partial charge in [-0.05, 0) is 30.5 Å². The zero-order valence-corrected chi connectivity index (χ0v) is 10.1. The van der Waals surface area contributed by atoms with E-state index in [-0.39, 0.29) is 18.4 Å². The summed E-state index contributed by atoms with van der Waals surface area (Å²) in [6.07, 6.45) is -3.65. The quantitative estimate of drug-likeness (QED) is 0.884. The molecule has 6 heteroatoms. The van der Waals surface area contributed by atoms with Gasteiger partial charge >= 0.3 is 6.18 Å². The van der Waals surface area contributed by atoms with Crippen LogP contribution in [0.3, 0.4) is 0 Å². The molecule has 19 heavy (non-hydrogen) atoms. The molecule has 2 rings (SSSR count). The van der Waals surface area contributed by atoms with Crippen LogP contribution in [0.2, 0.25) is 0 Å². The van der Waals surface area contributed by atoms with Crippen molar-refractivity contribution < 1.29 is 23.1 Å². The molecule has 1 atom stereocenters. The summed E-state index contributed by atoms with van der Waals surface area (Å²) in [6, 6.07) is 4.27. The molecule has 0 radical (unpaired) electrons. The number of nitrogens with one attached hydrogen (secondary N) is 1. The molecule has 2 N–H and O–H groups in total. The average molecular weight is 273 g/mol. The van der Waals surface area contributed by atoms with Crippen LogP contribution in [0.5, 0.6) is 0 Å². The number of hydrogen-bond donors (Lipinski definition) is 2. The summed E-state index contributed by atoms with van der Waals surface area (Å²) in [5.41, 5.74) is -0.408. The van der Waals surface area contributed by atoms with E-state index in [1.54, 1.807) is 0 Å². The lowest BCUT2D eigenvalue weighted by Crippen LogP contribution is -2.29. The molecule has 1 aliphatic rings. The van der Waals surface area contributed by atoms with Gasteiger partial charge in [-0.2, -0.15) is 13.2 Å². The number of carbonyl (C=O) groups excluding carboxylic acids is 1. The van der Waals surface area contributed by atoms with E-state index < -0.39 is 17.8 Å². The van der Waals surface area contributed by atoms with E-state index in [0.717, 1.165) is 25.0 Å². The van der Waals surface area contributed by atoms with E-state index in [9.17, 15) is 23.1 Å². The Morgan fingerprint density at radius 2 is 1.89 bits per heavy atom. The van der Waals surface area contributed by atoms with Crippen LogP contribution in [0.25, 0.3) is 0 Å². The van der Waals surface area contributed by atoms with Gasteiger partial charge in [0.15, 0.2) is 0 Å². The number of rotatable bonds is 4. The summed E-state index contributed by atoms with van der Waals surface area (Å²) in [4.78, 5) is 11.4. The Bertz CT molecular complexity index is 452. The van der Waals surface area contributed by atoms with Crippen LogP contribution in [-0.4, -0.2) is 17.6 Å². The normalized spacial score (nSPS) is 17.1. The lowest BCUT2D eigenvalue weighted by Gasteiger charge is -2.13. The zero-order chi connectivity index (χ0) is 14.0. The molecule has 1 aliphatic carbocycles. The molecular weight excluding hydrogens is 259 g/mol. The molecule has 0 heterocycles. The lowest BCUT2D eigenvalue weighted by atomic mass is 10.1. The zero-order valence-electron chi connectivity index (χ0n) is 10.1. The van der Waals surface area contributed by atoms with Crippen LogP contribution >= 0.6 is 0 Å². The molecule has 1 amide bonds. The maximum Gasteiger partial charge on any atom is 0.416 e. The third kappa shape index (κ3) is 3.70. The van der Waals surface area contributed by atoms with Gasteiger partial charge in [0.2, 0.25) is 5.91 Å². The van der Waals surface area contributed by atoms with Crippen molar-refractivity contribution in [2.75, 3.05) is 6.54 Å². The van der Waals surface area contributed by atoms with Gasteiger partial charge in [-0.15, -0.1) is 0 Å². The van der Waals surface area contributed by atoms with E-state index in [0.29, 0.717) is 5.56 Å². The highest BCUT2D eigenvalue weighted by atomic mass is 19.4. The molecule has 1 aromatic carbocycles. The Morgan fingerprint density at radius 1 is 1.32 bits per heavy atom. The summed E-state index contributed by atoms with van der Waals surface area (Å²) in [7, 11) is 0. The van der Waals surface area contributed by atoms with E-state index in [1.807, 2.05) is 0 Å². The molecule has 1 fully saturated rings. The van der Waals surface area contributed by atoms with Gasteiger partial charge in [-0.25, -0.2) is 0 Å². The van der Waals surface area contributed by atoms with Crippen molar-refractivity contribution in [3.05, 3.63) is 35.4 Å². The first-order valence-electron chi connectivity index (χ1n) is 6.01. The molecule has 0 saturated heterocycles. The molecule has 1 aromatic rings. The fourth-order valence-corrected chi connectivity index (χ4v) is 1.70. The maximum absolute atomic E-state index is 12.4. The fraction of sp³-hybridized carbons (Fsp3) is 0.462. The minimum absolute atomic E-state index is 0.0146. The molecular formula is C13H14F3NO2. The van der Waals surface area contributed by atoms with Crippen LogP contribution < -0.4 is 5.32 Å². The Balaban J connectivity index is 1.91. The van der Waals surface area contributed by atoms with Crippen LogP contribution in [0, 0.1) is 5.92 Å². The highest BCUT2D eigenvalue weighted by molar-refractivity contribution is 5.80. The summed E-state index contributed by atoms with van der Waals surface area (Å²) in [5, 5.41) is 12.3. The summed E-state index contributed by atoms with van der Waals surface area (Å²) < 4.78 is 37.1. The number of benzene rings is 1. The van der Waals surface area contributed by atoms with E-state index in [1.165, 1.54) is 12.1 Å². The van der Waals surface area contributed by atoms with Gasteiger partial charge in [-0.1, -0.05) is 12.1 Å². The predicted molar refractivity (Wildman–Crippen MR) is 62.1 cm³/mol. The van der Waals surface area contributed by atoms with Gasteiger partial charge < -0.3 is 10.4 Å². The first-order valence-corrected chi connectivity index (χ1v) is 6.01. The smallest absolute Gasteiger partial charge is 0.387 e. The Morgan fingerprint density at radius 3 is 2.37 bits per heavy atom. The number of hydrogen-bond acceptors (Lipinski definition) is 2. The first-order chi connectivity index (χ1) is 8.88. The molecule has 0 unspecified atom stereocenters. The lowest BCUT2D eigenvalue weighted by molar-refractivity contribution is -0.137. The van der Waals surface area contributed by atoms with Crippen molar-refractivity contribution in [1.82, 2.24) is 5.32 Å². The summed E-state index contributed by atoms with van der Waals surface area (Å²) in [6.45, 7) is 0.0146. The molecule has 104 valence electrons. The second-order valence-electron chi connectivity index (χ2n) is 4.65. The number of aliphatic hydroxyl groups is 1. The van der Waals surface area contributed by atoms with Crippen LogP contribution in [-0.2, 0) is 11.0 Å². The van der Waals surface area contributed by atoms with Gasteiger partial charge in [0, 0.05) is 12.5 Å². The highest BCUT2D eigenvalue weighted by Gasteiger charge is 2.31. The molecule has 0 bridgehead atoms. The standard InChI is InChI=1S/C13H14F3NO2/c14-13(15,16)10-5-3-8(4-6-10)11(18)7-17-12(19)9-1-2-9/h3-6,9,11,18H,1-2,7H2,(H,17,19)/t11-/m1/s1. The van der Waals surface area contributed by atoms with Crippen LogP contribution in [0.15, 0.2) is 24.3 Å². The summed E-state index contributed by atoms with van der Waals surface area (Å²) >= 11 is 0. The van der Waals surface area contributed by atoms with Crippen molar-refractivity contribution in [2.45, 2.75) is 25.1 Å². The Hall–Kier alpha value is -1.56. The van der Waals surface area contributed by atoms with Gasteiger partial charge in [0.1, 0.15) is 0 Å². The molecule has 3 nitrogen and oxygen atoms in total. The SMILES string of the molecule is O=C(NC[C@@H](O)c1ccc(C(F)(F)F)cc1)C1CC1. The number of aliphatic hydroxyl groups excluding tert-OH is 1. The van der Waals surface area contributed by atoms with Gasteiger partial charge in [0.05, 0.1) is 11.7 Å². The van der Waals surface area contributed by atoms with Crippen LogP contribution in [0.1, 0.15) is 30.1 Å². The number of carbonyl (C=O) groups is 1. The Labute approximate surface area is 108 Å². The van der Waals surface area contributed by atoms with Crippen LogP contribution in [0.4, 0.5) is 13.2 Å². The van der Waals surface area contributed by atoms with E-state index in [2.05, 4.69) is 5.32 Å². The van der Waals surface area contributed by atoms with Crippen molar-refractivity contribution in [1.29, 1.82) is 0 Å². The van der Waals surface area contributed by atoms with Crippen molar-refractivity contribution in [3.63, 3.8) is 0 Å². The third-order valence-corrected chi connectivity index (χ3v) is 3.04. The molecule has 0 aromatic heterocycles. The number of alkyl halides is 3. The van der Waals surface area contributed by atoms with Crippen molar-refractivity contribution in [3.8, 4) is 0 Å². The van der Waals surface area contributed by atoms with Gasteiger partial charge in [0.25, 0.3) is 0 Å². The predicted octanol–water partition coefficient (Wildman–Crippen LogP) is 2.27. The average Bonchev–Trinajstić information content (AvgIpc) is 3.19. The van der Waals surface area contributed by atoms with E-state index >= 15 is 0 Å². The third-order valence-electron chi connectivity index (χ3n) is 3.04. The van der Waals surface area contributed by atoms with Gasteiger partial charge in [-0.3, -0.25) is 4.79 Å². The molecule has 0 aliphatic heterocycles. The summed E-state index contributed by atoms with van der Waals surface area (Å²) in [5.74, 6) is -0.0641. The van der Waals surface area contributed by atoms with Crippen molar-refractivity contribution in [2.24, 2.45) is 5.92 Å². The monoisotopic (exact) mass is 273 g/mol. The number of halogens is 3. The number of amides is 1. The van der Waals surface area contributed by atoms with E-state index in [4.69, 9.17) is 0 Å². The van der Waals surface area contributed by atoms with Crippen molar-refractivity contribution >= 4 is 5.91 Å². The maximum atomic E-state index is 12.4. The minimum atomic E-state index is -4.39.